The molecule has 47 valence electrons. The molecule has 0 saturated carbocycles. The van der Waals surface area contributed by atoms with Crippen LogP contribution >= 0.6 is 0 Å². The van der Waals surface area contributed by atoms with Gasteiger partial charge in [0.25, 0.3) is 0 Å². The van der Waals surface area contributed by atoms with Crippen molar-refractivity contribution in [1.82, 2.24) is 4.90 Å². The van der Waals surface area contributed by atoms with Gasteiger partial charge >= 0.3 is 0 Å². The molecule has 0 spiro atoms. The molecule has 2 atom stereocenters. The summed E-state index contributed by atoms with van der Waals surface area (Å²) in [5.74, 6) is 0. The second-order valence-electron chi connectivity index (χ2n) is 2.35. The fourth-order valence-corrected chi connectivity index (χ4v) is 0.961. The lowest BCUT2D eigenvalue weighted by atomic mass is 10.2. The van der Waals surface area contributed by atoms with E-state index in [1.54, 1.807) is 0 Å². The molecular formula is C6H11FN. The topological polar surface area (TPSA) is 3.24 Å². The lowest BCUT2D eigenvalue weighted by molar-refractivity contribution is 0.260. The number of rotatable bonds is 0. The molecule has 2 heteroatoms. The third-order valence-electron chi connectivity index (χ3n) is 1.74. The molecule has 0 aromatic heterocycles. The average molecular weight is 116 g/mol. The Kier molecular flexibility index (Phi) is 1.52. The summed E-state index contributed by atoms with van der Waals surface area (Å²) >= 11 is 0. The van der Waals surface area contributed by atoms with Crippen LogP contribution in [0, 0.1) is 6.92 Å². The van der Waals surface area contributed by atoms with Crippen LogP contribution in [-0.2, 0) is 0 Å². The van der Waals surface area contributed by atoms with E-state index < -0.39 is 6.17 Å². The Bertz CT molecular complexity index is 74.6. The normalized spacial score (nSPS) is 40.9. The highest BCUT2D eigenvalue weighted by Crippen LogP contribution is 2.17. The largest absolute Gasteiger partial charge is 0.300 e. The first kappa shape index (κ1) is 6.02. The number of hydrogen-bond acceptors (Lipinski definition) is 1. The third-order valence-corrected chi connectivity index (χ3v) is 1.74. The summed E-state index contributed by atoms with van der Waals surface area (Å²) < 4.78 is 12.5. The van der Waals surface area contributed by atoms with Crippen LogP contribution in [0.15, 0.2) is 0 Å². The lowest BCUT2D eigenvalue weighted by Crippen LogP contribution is -2.26. The van der Waals surface area contributed by atoms with E-state index in [0.29, 0.717) is 6.42 Å². The predicted molar refractivity (Wildman–Crippen MR) is 31.3 cm³/mol. The maximum atomic E-state index is 12.5. The van der Waals surface area contributed by atoms with Crippen LogP contribution in [0.3, 0.4) is 0 Å². The van der Waals surface area contributed by atoms with Crippen molar-refractivity contribution >= 4 is 0 Å². The fraction of sp³-hybridized carbons (Fsp3) is 0.833. The summed E-state index contributed by atoms with van der Waals surface area (Å²) in [6, 6.07) is -0.102. The Morgan fingerprint density at radius 3 is 2.50 bits per heavy atom. The molecule has 1 fully saturated rings. The minimum absolute atomic E-state index is 0.102. The van der Waals surface area contributed by atoms with Crippen molar-refractivity contribution in [1.29, 1.82) is 0 Å². The summed E-state index contributed by atoms with van der Waals surface area (Å²) in [5.41, 5.74) is 0. The number of likely N-dealkylation sites (tertiary alicyclic amines) is 1. The van der Waals surface area contributed by atoms with Crippen molar-refractivity contribution in [2.45, 2.75) is 18.6 Å². The second-order valence-corrected chi connectivity index (χ2v) is 2.35. The molecule has 0 aromatic rings. The van der Waals surface area contributed by atoms with Crippen molar-refractivity contribution in [3.05, 3.63) is 6.92 Å². The minimum atomic E-state index is -0.694. The zero-order valence-electron chi connectivity index (χ0n) is 5.10. The van der Waals surface area contributed by atoms with Gasteiger partial charge in [0.15, 0.2) is 0 Å². The molecule has 0 aliphatic carbocycles. The van der Waals surface area contributed by atoms with Crippen molar-refractivity contribution in [2.75, 3.05) is 13.6 Å². The third kappa shape index (κ3) is 0.848. The van der Waals surface area contributed by atoms with Gasteiger partial charge in [-0.1, -0.05) is 0 Å². The van der Waals surface area contributed by atoms with E-state index in [4.69, 9.17) is 0 Å². The Morgan fingerprint density at radius 2 is 2.38 bits per heavy atom. The zero-order valence-corrected chi connectivity index (χ0v) is 5.10. The monoisotopic (exact) mass is 116 g/mol. The molecule has 1 rings (SSSR count). The molecule has 1 nitrogen and oxygen atoms in total. The quantitative estimate of drug-likeness (QED) is 0.454. The van der Waals surface area contributed by atoms with Gasteiger partial charge in [0.1, 0.15) is 6.17 Å². The summed E-state index contributed by atoms with van der Waals surface area (Å²) in [7, 11) is 1.90. The Morgan fingerprint density at radius 1 is 1.75 bits per heavy atom. The molecule has 1 heterocycles. The van der Waals surface area contributed by atoms with Crippen LogP contribution in [0.5, 0.6) is 0 Å². The van der Waals surface area contributed by atoms with Crippen LogP contribution in [0.25, 0.3) is 0 Å². The first-order valence-corrected chi connectivity index (χ1v) is 2.89. The number of hydrogen-bond donors (Lipinski definition) is 0. The predicted octanol–water partition coefficient (Wildman–Crippen LogP) is 0.863. The van der Waals surface area contributed by atoms with E-state index in [-0.39, 0.29) is 6.04 Å². The van der Waals surface area contributed by atoms with E-state index in [2.05, 4.69) is 6.92 Å². The van der Waals surface area contributed by atoms with Gasteiger partial charge in [-0.05, 0) is 20.4 Å². The van der Waals surface area contributed by atoms with Crippen molar-refractivity contribution in [3.63, 3.8) is 0 Å². The maximum Gasteiger partial charge on any atom is 0.117 e. The lowest BCUT2D eigenvalue weighted by Gasteiger charge is -2.13. The van der Waals surface area contributed by atoms with Gasteiger partial charge in [0.2, 0.25) is 0 Å². The highest BCUT2D eigenvalue weighted by atomic mass is 19.1. The van der Waals surface area contributed by atoms with Crippen LogP contribution in [0.2, 0.25) is 0 Å². The molecule has 2 unspecified atom stereocenters. The van der Waals surface area contributed by atoms with Crippen molar-refractivity contribution in [3.8, 4) is 0 Å². The van der Waals surface area contributed by atoms with E-state index in [1.807, 2.05) is 11.9 Å². The minimum Gasteiger partial charge on any atom is -0.300 e. The number of halogens is 1. The van der Waals surface area contributed by atoms with Crippen LogP contribution in [-0.4, -0.2) is 30.7 Å². The van der Waals surface area contributed by atoms with Crippen molar-refractivity contribution < 1.29 is 4.39 Å². The molecule has 1 saturated heterocycles. The van der Waals surface area contributed by atoms with E-state index in [1.165, 1.54) is 0 Å². The van der Waals surface area contributed by atoms with Crippen LogP contribution in [0.4, 0.5) is 4.39 Å². The van der Waals surface area contributed by atoms with Gasteiger partial charge in [-0.3, -0.25) is 0 Å². The second kappa shape index (κ2) is 2.02. The molecule has 0 aromatic carbocycles. The Labute approximate surface area is 49.5 Å². The van der Waals surface area contributed by atoms with Gasteiger partial charge in [0, 0.05) is 12.6 Å². The van der Waals surface area contributed by atoms with Crippen LogP contribution in [0.1, 0.15) is 6.42 Å². The molecular weight excluding hydrogens is 105 g/mol. The van der Waals surface area contributed by atoms with E-state index in [0.717, 1.165) is 6.54 Å². The Balaban J connectivity index is 2.44. The summed E-state index contributed by atoms with van der Waals surface area (Å²) in [4.78, 5) is 1.94. The highest BCUT2D eigenvalue weighted by molar-refractivity contribution is 4.86. The van der Waals surface area contributed by atoms with Gasteiger partial charge < -0.3 is 4.90 Å². The maximum absolute atomic E-state index is 12.5. The van der Waals surface area contributed by atoms with Gasteiger partial charge in [-0.2, -0.15) is 0 Å². The van der Waals surface area contributed by atoms with E-state index in [9.17, 15) is 4.39 Å². The highest BCUT2D eigenvalue weighted by Gasteiger charge is 2.26. The zero-order chi connectivity index (χ0) is 6.15. The van der Waals surface area contributed by atoms with Gasteiger partial charge in [0.05, 0.1) is 0 Å². The smallest absolute Gasteiger partial charge is 0.117 e. The van der Waals surface area contributed by atoms with E-state index >= 15 is 0 Å². The fourth-order valence-electron chi connectivity index (χ4n) is 0.961. The average Bonchev–Trinajstić information content (AvgIpc) is 1.98. The molecule has 0 amide bonds. The number of alkyl halides is 1. The van der Waals surface area contributed by atoms with Gasteiger partial charge in [-0.15, -0.1) is 0 Å². The standard InChI is InChI=1S/C6H11FN/c1-5-6(7)3-4-8(5)2/h5-6H,1,3-4H2,2H3. The molecule has 1 aliphatic heterocycles. The SMILES string of the molecule is [CH2]C1C(F)CCN1C. The molecule has 0 N–H and O–H groups in total. The Hall–Kier alpha value is -0.110. The van der Waals surface area contributed by atoms with Crippen LogP contribution < -0.4 is 0 Å². The number of nitrogens with zero attached hydrogens (tertiary/aromatic N) is 1. The molecule has 1 aliphatic rings. The first-order chi connectivity index (χ1) is 3.72. The summed E-state index contributed by atoms with van der Waals surface area (Å²) in [6.45, 7) is 4.51. The summed E-state index contributed by atoms with van der Waals surface area (Å²) in [6.07, 6.45) is -0.0370. The van der Waals surface area contributed by atoms with Gasteiger partial charge in [-0.25, -0.2) is 4.39 Å². The molecule has 0 bridgehead atoms. The molecule has 1 radical (unpaired) electrons. The first-order valence-electron chi connectivity index (χ1n) is 2.89. The van der Waals surface area contributed by atoms with Crippen molar-refractivity contribution in [2.24, 2.45) is 0 Å². The summed E-state index contributed by atoms with van der Waals surface area (Å²) in [5, 5.41) is 0. The molecule has 8 heavy (non-hydrogen) atoms.